The highest BCUT2D eigenvalue weighted by atomic mass is 35.5. The standard InChI is InChI=1S/C20H20ClN3O3/c1-20(15-9-4-3-5-10-15)18(26)24(19(27)22-20)13-17(25)23(2)12-14-8-6-7-11-16(14)21/h3-11H,12-13H2,1-2H3,(H,22,27). The summed E-state index contributed by atoms with van der Waals surface area (Å²) < 4.78 is 0. The van der Waals surface area contributed by atoms with Crippen LogP contribution in [-0.2, 0) is 21.7 Å². The van der Waals surface area contributed by atoms with Gasteiger partial charge < -0.3 is 10.2 Å². The molecule has 1 saturated heterocycles. The van der Waals surface area contributed by atoms with Gasteiger partial charge in [-0.2, -0.15) is 0 Å². The van der Waals surface area contributed by atoms with Crippen LogP contribution in [0.2, 0.25) is 5.02 Å². The summed E-state index contributed by atoms with van der Waals surface area (Å²) in [5.41, 5.74) is 0.281. The van der Waals surface area contributed by atoms with Crippen LogP contribution in [0.1, 0.15) is 18.1 Å². The summed E-state index contributed by atoms with van der Waals surface area (Å²) in [4.78, 5) is 40.2. The average Bonchev–Trinajstić information content (AvgIpc) is 2.88. The molecule has 0 saturated carbocycles. The average molecular weight is 386 g/mol. The number of likely N-dealkylation sites (N-methyl/N-ethyl adjacent to an activating group) is 1. The van der Waals surface area contributed by atoms with Crippen LogP contribution in [0.3, 0.4) is 0 Å². The minimum atomic E-state index is -1.18. The zero-order valence-electron chi connectivity index (χ0n) is 15.1. The molecule has 140 valence electrons. The summed E-state index contributed by atoms with van der Waals surface area (Å²) in [5.74, 6) is -0.797. The van der Waals surface area contributed by atoms with Gasteiger partial charge in [-0.15, -0.1) is 0 Å². The van der Waals surface area contributed by atoms with E-state index in [1.54, 1.807) is 44.3 Å². The zero-order chi connectivity index (χ0) is 19.6. The van der Waals surface area contributed by atoms with E-state index in [0.29, 0.717) is 10.6 Å². The van der Waals surface area contributed by atoms with Gasteiger partial charge in [0, 0.05) is 18.6 Å². The molecular formula is C20H20ClN3O3. The summed E-state index contributed by atoms with van der Waals surface area (Å²) in [6.07, 6.45) is 0. The van der Waals surface area contributed by atoms with Crippen LogP contribution < -0.4 is 5.32 Å². The normalized spacial score (nSPS) is 19.1. The smallest absolute Gasteiger partial charge is 0.325 e. The number of halogens is 1. The van der Waals surface area contributed by atoms with Gasteiger partial charge >= 0.3 is 6.03 Å². The molecule has 1 atom stereocenters. The molecule has 3 rings (SSSR count). The van der Waals surface area contributed by atoms with Gasteiger partial charge in [-0.1, -0.05) is 60.1 Å². The number of amides is 4. The van der Waals surface area contributed by atoms with Crippen molar-refractivity contribution in [1.82, 2.24) is 15.1 Å². The largest absolute Gasteiger partial charge is 0.340 e. The Morgan fingerprint density at radius 3 is 2.41 bits per heavy atom. The second-order valence-corrected chi connectivity index (χ2v) is 7.06. The van der Waals surface area contributed by atoms with Crippen molar-refractivity contribution < 1.29 is 14.4 Å². The van der Waals surface area contributed by atoms with Gasteiger partial charge in [0.1, 0.15) is 12.1 Å². The van der Waals surface area contributed by atoms with Crippen molar-refractivity contribution in [3.63, 3.8) is 0 Å². The zero-order valence-corrected chi connectivity index (χ0v) is 15.9. The number of hydrogen-bond acceptors (Lipinski definition) is 3. The van der Waals surface area contributed by atoms with Gasteiger partial charge in [-0.25, -0.2) is 4.79 Å². The van der Waals surface area contributed by atoms with E-state index in [0.717, 1.165) is 10.5 Å². The number of imide groups is 1. The van der Waals surface area contributed by atoms with E-state index in [-0.39, 0.29) is 19.0 Å². The first-order valence-corrected chi connectivity index (χ1v) is 8.87. The molecule has 27 heavy (non-hydrogen) atoms. The van der Waals surface area contributed by atoms with Crippen molar-refractivity contribution in [2.45, 2.75) is 19.0 Å². The Kier molecular flexibility index (Phi) is 5.19. The van der Waals surface area contributed by atoms with Gasteiger partial charge in [0.05, 0.1) is 0 Å². The number of carbonyl (C=O) groups is 3. The third-order valence-electron chi connectivity index (χ3n) is 4.71. The van der Waals surface area contributed by atoms with Crippen LogP contribution in [0, 0.1) is 0 Å². The number of rotatable bonds is 5. The fourth-order valence-corrected chi connectivity index (χ4v) is 3.23. The lowest BCUT2D eigenvalue weighted by atomic mass is 9.92. The lowest BCUT2D eigenvalue weighted by Gasteiger charge is -2.23. The molecule has 1 aliphatic rings. The second-order valence-electron chi connectivity index (χ2n) is 6.65. The summed E-state index contributed by atoms with van der Waals surface area (Å²) in [6, 6.07) is 15.6. The number of nitrogens with one attached hydrogen (secondary N) is 1. The SMILES string of the molecule is CN(Cc1ccccc1Cl)C(=O)CN1C(=O)NC(C)(c2ccccc2)C1=O. The fraction of sp³-hybridized carbons (Fsp3) is 0.250. The quantitative estimate of drug-likeness (QED) is 0.804. The van der Waals surface area contributed by atoms with Crippen LogP contribution in [0.15, 0.2) is 54.6 Å². The fourth-order valence-electron chi connectivity index (χ4n) is 3.03. The Hall–Kier alpha value is -2.86. The first kappa shape index (κ1) is 18.9. The number of benzene rings is 2. The monoisotopic (exact) mass is 385 g/mol. The van der Waals surface area contributed by atoms with Crippen LogP contribution in [0.25, 0.3) is 0 Å². The van der Waals surface area contributed by atoms with Crippen molar-refractivity contribution in [1.29, 1.82) is 0 Å². The molecule has 4 amide bonds. The van der Waals surface area contributed by atoms with Gasteiger partial charge in [0.2, 0.25) is 5.91 Å². The summed E-state index contributed by atoms with van der Waals surface area (Å²) in [5, 5.41) is 3.25. The number of hydrogen-bond donors (Lipinski definition) is 1. The first-order valence-electron chi connectivity index (χ1n) is 8.50. The van der Waals surface area contributed by atoms with E-state index in [4.69, 9.17) is 11.6 Å². The van der Waals surface area contributed by atoms with Gasteiger partial charge in [-0.3, -0.25) is 14.5 Å². The highest BCUT2D eigenvalue weighted by molar-refractivity contribution is 6.31. The molecule has 2 aromatic carbocycles. The van der Waals surface area contributed by atoms with Crippen LogP contribution in [-0.4, -0.2) is 41.2 Å². The van der Waals surface area contributed by atoms with E-state index in [9.17, 15) is 14.4 Å². The highest BCUT2D eigenvalue weighted by Crippen LogP contribution is 2.28. The van der Waals surface area contributed by atoms with Crippen molar-refractivity contribution in [3.05, 3.63) is 70.7 Å². The summed E-state index contributed by atoms with van der Waals surface area (Å²) in [7, 11) is 1.61. The first-order chi connectivity index (χ1) is 12.8. The van der Waals surface area contributed by atoms with Crippen LogP contribution in [0.5, 0.6) is 0 Å². The Morgan fingerprint density at radius 1 is 1.11 bits per heavy atom. The Balaban J connectivity index is 1.72. The summed E-state index contributed by atoms with van der Waals surface area (Å²) >= 11 is 6.13. The maximum absolute atomic E-state index is 12.9. The molecule has 1 N–H and O–H groups in total. The molecule has 1 aliphatic heterocycles. The molecule has 1 heterocycles. The molecule has 1 fully saturated rings. The van der Waals surface area contributed by atoms with Gasteiger partial charge in [0.25, 0.3) is 5.91 Å². The van der Waals surface area contributed by atoms with Gasteiger partial charge in [-0.05, 0) is 24.1 Å². The second kappa shape index (κ2) is 7.40. The van der Waals surface area contributed by atoms with E-state index in [1.807, 2.05) is 24.3 Å². The third-order valence-corrected chi connectivity index (χ3v) is 5.08. The molecule has 0 radical (unpaired) electrons. The van der Waals surface area contributed by atoms with Crippen molar-refractivity contribution in [2.24, 2.45) is 0 Å². The third kappa shape index (κ3) is 3.66. The molecule has 7 heteroatoms. The number of urea groups is 1. The molecule has 0 spiro atoms. The molecule has 0 bridgehead atoms. The summed E-state index contributed by atoms with van der Waals surface area (Å²) in [6.45, 7) is 1.60. The molecule has 0 aliphatic carbocycles. The molecule has 1 unspecified atom stereocenters. The van der Waals surface area contributed by atoms with E-state index >= 15 is 0 Å². The lowest BCUT2D eigenvalue weighted by molar-refractivity contribution is -0.138. The Bertz CT molecular complexity index is 887. The van der Waals surface area contributed by atoms with E-state index in [1.165, 1.54) is 4.90 Å². The molecular weight excluding hydrogens is 366 g/mol. The predicted octanol–water partition coefficient (Wildman–Crippen LogP) is 2.77. The highest BCUT2D eigenvalue weighted by Gasteiger charge is 2.49. The molecule has 6 nitrogen and oxygen atoms in total. The Labute approximate surface area is 162 Å². The van der Waals surface area contributed by atoms with E-state index in [2.05, 4.69) is 5.32 Å². The topological polar surface area (TPSA) is 69.7 Å². The number of carbonyl (C=O) groups excluding carboxylic acids is 3. The lowest BCUT2D eigenvalue weighted by Crippen LogP contribution is -2.43. The Morgan fingerprint density at radius 2 is 1.74 bits per heavy atom. The van der Waals surface area contributed by atoms with Crippen molar-refractivity contribution in [2.75, 3.05) is 13.6 Å². The minimum absolute atomic E-state index is 0.290. The maximum Gasteiger partial charge on any atom is 0.325 e. The molecule has 2 aromatic rings. The van der Waals surface area contributed by atoms with Crippen molar-refractivity contribution in [3.8, 4) is 0 Å². The van der Waals surface area contributed by atoms with Crippen LogP contribution in [0.4, 0.5) is 4.79 Å². The van der Waals surface area contributed by atoms with Crippen LogP contribution >= 0.6 is 11.6 Å². The maximum atomic E-state index is 12.9. The molecule has 0 aromatic heterocycles. The van der Waals surface area contributed by atoms with E-state index < -0.39 is 17.5 Å². The van der Waals surface area contributed by atoms with Crippen molar-refractivity contribution >= 4 is 29.4 Å². The predicted molar refractivity (Wildman–Crippen MR) is 102 cm³/mol. The number of nitrogens with zero attached hydrogens (tertiary/aromatic N) is 2. The van der Waals surface area contributed by atoms with Gasteiger partial charge in [0.15, 0.2) is 0 Å². The minimum Gasteiger partial charge on any atom is -0.340 e.